The van der Waals surface area contributed by atoms with Gasteiger partial charge in [0.25, 0.3) is 0 Å². The average Bonchev–Trinajstić information content (AvgIpc) is 2.76. The van der Waals surface area contributed by atoms with Crippen LogP contribution in [0.25, 0.3) is 0 Å². The van der Waals surface area contributed by atoms with E-state index in [1.165, 1.54) is 25.7 Å². The molecule has 2 heterocycles. The maximum atomic E-state index is 11.8. The van der Waals surface area contributed by atoms with Crippen LogP contribution in [0.1, 0.15) is 44.2 Å². The van der Waals surface area contributed by atoms with E-state index in [4.69, 9.17) is 0 Å². The number of aryl methyl sites for hydroxylation is 1. The Labute approximate surface area is 139 Å². The first-order chi connectivity index (χ1) is 11.1. The molecule has 1 fully saturated rings. The Morgan fingerprint density at radius 3 is 2.48 bits per heavy atom. The molecule has 1 aromatic rings. The molecule has 0 radical (unpaired) electrons. The Bertz CT molecular complexity index is 532. The summed E-state index contributed by atoms with van der Waals surface area (Å²) in [5.74, 6) is -0.141. The molecule has 0 aliphatic carbocycles. The molecule has 1 aliphatic heterocycles. The smallest absolute Gasteiger partial charge is 0.223 e. The topological polar surface area (TPSA) is 48.7 Å². The maximum absolute atomic E-state index is 11.8. The molecule has 0 saturated carbocycles. The monoisotopic (exact) mass is 321 g/mol. The third-order valence-electron chi connectivity index (χ3n) is 4.54. The minimum atomic E-state index is -0.264. The molecule has 1 saturated heterocycles. The highest BCUT2D eigenvalue weighted by Gasteiger charge is 2.13. The number of nitrogens with zero attached hydrogens (tertiary/aromatic N) is 3. The molecule has 1 N–H and O–H groups in total. The SMILES string of the molecule is CN(C)CCCCn1cc(O)c(=O)cc1CN1CCCCCC1. The van der Waals surface area contributed by atoms with E-state index >= 15 is 0 Å². The summed E-state index contributed by atoms with van der Waals surface area (Å²) in [5, 5.41) is 9.76. The van der Waals surface area contributed by atoms with Gasteiger partial charge in [0.1, 0.15) is 0 Å². The van der Waals surface area contributed by atoms with E-state index in [2.05, 4.69) is 28.5 Å². The number of rotatable bonds is 7. The van der Waals surface area contributed by atoms with Gasteiger partial charge in [-0.25, -0.2) is 0 Å². The predicted octanol–water partition coefficient (Wildman–Crippen LogP) is 2.27. The number of likely N-dealkylation sites (tertiary alicyclic amines) is 1. The first-order valence-electron chi connectivity index (χ1n) is 8.85. The quantitative estimate of drug-likeness (QED) is 0.783. The number of aromatic nitrogens is 1. The molecule has 5 heteroatoms. The van der Waals surface area contributed by atoms with Crippen LogP contribution < -0.4 is 5.43 Å². The van der Waals surface area contributed by atoms with Gasteiger partial charge in [-0.05, 0) is 59.4 Å². The molecular formula is C18H31N3O2. The van der Waals surface area contributed by atoms with E-state index in [-0.39, 0.29) is 11.2 Å². The molecule has 5 nitrogen and oxygen atoms in total. The minimum Gasteiger partial charge on any atom is -0.503 e. The van der Waals surface area contributed by atoms with Crippen LogP contribution in [0, 0.1) is 0 Å². The Hall–Kier alpha value is -1.33. The number of hydrogen-bond acceptors (Lipinski definition) is 4. The minimum absolute atomic E-state index is 0.141. The van der Waals surface area contributed by atoms with Gasteiger partial charge in [-0.15, -0.1) is 0 Å². The van der Waals surface area contributed by atoms with E-state index < -0.39 is 0 Å². The van der Waals surface area contributed by atoms with E-state index in [1.54, 1.807) is 12.3 Å². The zero-order valence-electron chi connectivity index (χ0n) is 14.6. The van der Waals surface area contributed by atoms with Crippen LogP contribution in [-0.2, 0) is 13.1 Å². The zero-order chi connectivity index (χ0) is 16.7. The second-order valence-electron chi connectivity index (χ2n) is 6.91. The predicted molar refractivity (Wildman–Crippen MR) is 93.9 cm³/mol. The first-order valence-corrected chi connectivity index (χ1v) is 8.85. The van der Waals surface area contributed by atoms with E-state index in [9.17, 15) is 9.90 Å². The number of hydrogen-bond donors (Lipinski definition) is 1. The summed E-state index contributed by atoms with van der Waals surface area (Å²) in [5.41, 5.74) is 0.763. The summed E-state index contributed by atoms with van der Waals surface area (Å²) < 4.78 is 2.07. The van der Waals surface area contributed by atoms with Gasteiger partial charge in [0, 0.05) is 24.8 Å². The third kappa shape index (κ3) is 5.99. The lowest BCUT2D eigenvalue weighted by Crippen LogP contribution is -2.27. The fourth-order valence-electron chi connectivity index (χ4n) is 3.18. The van der Waals surface area contributed by atoms with Crippen molar-refractivity contribution in [3.05, 3.63) is 28.2 Å². The highest BCUT2D eigenvalue weighted by Crippen LogP contribution is 2.14. The molecule has 0 atom stereocenters. The maximum Gasteiger partial charge on any atom is 0.223 e. The summed E-state index contributed by atoms with van der Waals surface area (Å²) in [6, 6.07) is 1.62. The molecule has 0 bridgehead atoms. The van der Waals surface area contributed by atoms with E-state index in [0.717, 1.165) is 51.3 Å². The van der Waals surface area contributed by atoms with Crippen molar-refractivity contribution in [3.63, 3.8) is 0 Å². The molecule has 0 spiro atoms. The van der Waals surface area contributed by atoms with Crippen LogP contribution in [-0.4, -0.2) is 53.2 Å². The molecular weight excluding hydrogens is 290 g/mol. The van der Waals surface area contributed by atoms with Gasteiger partial charge in [0.2, 0.25) is 5.43 Å². The van der Waals surface area contributed by atoms with Crippen molar-refractivity contribution in [1.82, 2.24) is 14.4 Å². The summed E-state index contributed by atoms with van der Waals surface area (Å²) in [7, 11) is 4.16. The molecule has 1 aliphatic rings. The molecule has 0 amide bonds. The summed E-state index contributed by atoms with van der Waals surface area (Å²) in [6.45, 7) is 4.94. The highest BCUT2D eigenvalue weighted by atomic mass is 16.3. The highest BCUT2D eigenvalue weighted by molar-refractivity contribution is 5.20. The number of aromatic hydroxyl groups is 1. The molecule has 130 valence electrons. The third-order valence-corrected chi connectivity index (χ3v) is 4.54. The van der Waals surface area contributed by atoms with E-state index in [1.807, 2.05) is 0 Å². The number of pyridine rings is 1. The fourth-order valence-corrected chi connectivity index (χ4v) is 3.18. The van der Waals surface area contributed by atoms with Gasteiger partial charge in [-0.3, -0.25) is 9.69 Å². The van der Waals surface area contributed by atoms with Gasteiger partial charge in [0.15, 0.2) is 5.75 Å². The molecule has 2 rings (SSSR count). The van der Waals surface area contributed by atoms with Crippen molar-refractivity contribution in [2.45, 2.75) is 51.6 Å². The largest absolute Gasteiger partial charge is 0.503 e. The zero-order valence-corrected chi connectivity index (χ0v) is 14.6. The normalized spacial score (nSPS) is 16.7. The molecule has 23 heavy (non-hydrogen) atoms. The van der Waals surface area contributed by atoms with Gasteiger partial charge >= 0.3 is 0 Å². The summed E-state index contributed by atoms with van der Waals surface area (Å²) in [4.78, 5) is 16.5. The lowest BCUT2D eigenvalue weighted by Gasteiger charge is -2.23. The van der Waals surface area contributed by atoms with Crippen LogP contribution in [0.2, 0.25) is 0 Å². The summed E-state index contributed by atoms with van der Waals surface area (Å²) in [6.07, 6.45) is 8.88. The van der Waals surface area contributed by atoms with Crippen molar-refractivity contribution in [2.75, 3.05) is 33.7 Å². The standard InChI is InChI=1S/C18H31N3O2/c1-19(2)9-7-8-12-21-15-18(23)17(22)13-16(21)14-20-10-5-3-4-6-11-20/h13,15,23H,3-12,14H2,1-2H3. The van der Waals surface area contributed by atoms with Gasteiger partial charge in [-0.2, -0.15) is 0 Å². The van der Waals surface area contributed by atoms with Crippen LogP contribution in [0.5, 0.6) is 5.75 Å². The van der Waals surface area contributed by atoms with Gasteiger partial charge in [0.05, 0.1) is 6.20 Å². The average molecular weight is 321 g/mol. The van der Waals surface area contributed by atoms with Crippen LogP contribution >= 0.6 is 0 Å². The Morgan fingerprint density at radius 1 is 1.13 bits per heavy atom. The molecule has 1 aromatic heterocycles. The molecule has 0 unspecified atom stereocenters. The van der Waals surface area contributed by atoms with E-state index in [0.29, 0.717) is 0 Å². The second kappa shape index (κ2) is 9.08. The Balaban J connectivity index is 2.03. The van der Waals surface area contributed by atoms with Gasteiger partial charge < -0.3 is 14.6 Å². The Morgan fingerprint density at radius 2 is 1.83 bits per heavy atom. The summed E-state index contributed by atoms with van der Waals surface area (Å²) >= 11 is 0. The van der Waals surface area contributed by atoms with Crippen molar-refractivity contribution in [1.29, 1.82) is 0 Å². The first kappa shape index (κ1) is 18.0. The molecule has 0 aromatic carbocycles. The fraction of sp³-hybridized carbons (Fsp3) is 0.722. The van der Waals surface area contributed by atoms with Crippen molar-refractivity contribution >= 4 is 0 Å². The van der Waals surface area contributed by atoms with Crippen molar-refractivity contribution < 1.29 is 5.11 Å². The van der Waals surface area contributed by atoms with Crippen LogP contribution in [0.3, 0.4) is 0 Å². The van der Waals surface area contributed by atoms with Gasteiger partial charge in [-0.1, -0.05) is 12.8 Å². The number of unbranched alkanes of at least 4 members (excludes halogenated alkanes) is 1. The Kier molecular flexibility index (Phi) is 7.12. The second-order valence-corrected chi connectivity index (χ2v) is 6.91. The van der Waals surface area contributed by atoms with Crippen LogP contribution in [0.4, 0.5) is 0 Å². The lowest BCUT2D eigenvalue weighted by atomic mass is 10.2. The lowest BCUT2D eigenvalue weighted by molar-refractivity contribution is 0.267. The van der Waals surface area contributed by atoms with Crippen LogP contribution in [0.15, 0.2) is 17.1 Å². The van der Waals surface area contributed by atoms with Crippen molar-refractivity contribution in [2.24, 2.45) is 0 Å². The van der Waals surface area contributed by atoms with Crippen molar-refractivity contribution in [3.8, 4) is 5.75 Å².